The summed E-state index contributed by atoms with van der Waals surface area (Å²) in [6, 6.07) is 7.87. The molecule has 0 aliphatic rings. The van der Waals surface area contributed by atoms with E-state index >= 15 is 0 Å². The molecule has 0 saturated heterocycles. The SMILES string of the molecule is Cc1cccc([N+](=O)[O-])c1Oc1nccc(C#N)c1Cl. The maximum atomic E-state index is 11.0. The number of benzene rings is 1. The van der Waals surface area contributed by atoms with Crippen LogP contribution in [0, 0.1) is 28.4 Å². The van der Waals surface area contributed by atoms with Gasteiger partial charge in [-0.3, -0.25) is 10.1 Å². The zero-order valence-electron chi connectivity index (χ0n) is 10.3. The van der Waals surface area contributed by atoms with Gasteiger partial charge < -0.3 is 4.74 Å². The first kappa shape index (κ1) is 13.8. The minimum absolute atomic E-state index is 0.0209. The van der Waals surface area contributed by atoms with Crippen LogP contribution in [0.2, 0.25) is 5.02 Å². The Kier molecular flexibility index (Phi) is 3.82. The van der Waals surface area contributed by atoms with Crippen LogP contribution in [0.1, 0.15) is 11.1 Å². The summed E-state index contributed by atoms with van der Waals surface area (Å²) in [6.07, 6.45) is 1.35. The first-order valence-corrected chi connectivity index (χ1v) is 5.89. The van der Waals surface area contributed by atoms with Crippen LogP contribution in [-0.4, -0.2) is 9.91 Å². The van der Waals surface area contributed by atoms with E-state index < -0.39 is 4.92 Å². The lowest BCUT2D eigenvalue weighted by Gasteiger charge is -2.09. The fraction of sp³-hybridized carbons (Fsp3) is 0.0769. The smallest absolute Gasteiger partial charge is 0.311 e. The number of nitro groups is 1. The molecule has 20 heavy (non-hydrogen) atoms. The number of halogens is 1. The second kappa shape index (κ2) is 5.55. The molecular formula is C13H8ClN3O3. The molecule has 0 saturated carbocycles. The normalized spacial score (nSPS) is 9.85. The van der Waals surface area contributed by atoms with Crippen molar-refractivity contribution in [2.45, 2.75) is 6.92 Å². The molecule has 6 nitrogen and oxygen atoms in total. The number of hydrogen-bond donors (Lipinski definition) is 0. The number of pyridine rings is 1. The minimum atomic E-state index is -0.551. The number of ether oxygens (including phenoxy) is 1. The first-order valence-electron chi connectivity index (χ1n) is 5.51. The Balaban J connectivity index is 2.51. The van der Waals surface area contributed by atoms with Crippen LogP contribution in [0.15, 0.2) is 30.5 Å². The van der Waals surface area contributed by atoms with Crippen molar-refractivity contribution in [2.24, 2.45) is 0 Å². The lowest BCUT2D eigenvalue weighted by atomic mass is 10.2. The molecule has 7 heteroatoms. The van der Waals surface area contributed by atoms with Gasteiger partial charge in [-0.1, -0.05) is 23.7 Å². The first-order chi connectivity index (χ1) is 9.54. The highest BCUT2D eigenvalue weighted by Crippen LogP contribution is 2.36. The summed E-state index contributed by atoms with van der Waals surface area (Å²) in [5.74, 6) is 0.0186. The van der Waals surface area contributed by atoms with Crippen molar-refractivity contribution in [3.63, 3.8) is 0 Å². The molecule has 0 radical (unpaired) electrons. The van der Waals surface area contributed by atoms with Gasteiger partial charge in [0, 0.05) is 12.3 Å². The number of aryl methyl sites for hydroxylation is 1. The number of nitriles is 1. The fourth-order valence-corrected chi connectivity index (χ4v) is 1.78. The van der Waals surface area contributed by atoms with Crippen molar-refractivity contribution < 1.29 is 9.66 Å². The lowest BCUT2D eigenvalue weighted by molar-refractivity contribution is -0.385. The molecule has 0 aliphatic carbocycles. The Hall–Kier alpha value is -2.65. The maximum absolute atomic E-state index is 11.0. The monoisotopic (exact) mass is 289 g/mol. The minimum Gasteiger partial charge on any atom is -0.430 e. The van der Waals surface area contributed by atoms with Crippen LogP contribution >= 0.6 is 11.6 Å². The molecule has 0 spiro atoms. The van der Waals surface area contributed by atoms with Crippen molar-refractivity contribution >= 4 is 17.3 Å². The second-order valence-corrected chi connectivity index (χ2v) is 4.25. The van der Waals surface area contributed by atoms with Crippen LogP contribution in [0.5, 0.6) is 11.6 Å². The third-order valence-electron chi connectivity index (χ3n) is 2.56. The summed E-state index contributed by atoms with van der Waals surface area (Å²) < 4.78 is 5.44. The molecular weight excluding hydrogens is 282 g/mol. The summed E-state index contributed by atoms with van der Waals surface area (Å²) in [7, 11) is 0. The van der Waals surface area contributed by atoms with E-state index in [0.29, 0.717) is 5.56 Å². The van der Waals surface area contributed by atoms with E-state index in [1.54, 1.807) is 19.1 Å². The van der Waals surface area contributed by atoms with Crippen LogP contribution < -0.4 is 4.74 Å². The number of nitro benzene ring substituents is 1. The van der Waals surface area contributed by atoms with Gasteiger partial charge in [-0.15, -0.1) is 0 Å². The Morgan fingerprint density at radius 2 is 2.20 bits per heavy atom. The predicted molar refractivity (Wildman–Crippen MR) is 71.9 cm³/mol. The average molecular weight is 290 g/mol. The molecule has 0 bridgehead atoms. The van der Waals surface area contributed by atoms with E-state index in [-0.39, 0.29) is 27.9 Å². The maximum Gasteiger partial charge on any atom is 0.311 e. The molecule has 1 aromatic carbocycles. The molecule has 0 unspecified atom stereocenters. The Morgan fingerprint density at radius 1 is 1.45 bits per heavy atom. The zero-order chi connectivity index (χ0) is 14.7. The van der Waals surface area contributed by atoms with Crippen LogP contribution in [0.3, 0.4) is 0 Å². The summed E-state index contributed by atoms with van der Waals surface area (Å²) >= 11 is 5.96. The van der Waals surface area contributed by atoms with Gasteiger partial charge >= 0.3 is 5.69 Å². The molecule has 100 valence electrons. The van der Waals surface area contributed by atoms with Gasteiger partial charge in [0.25, 0.3) is 0 Å². The van der Waals surface area contributed by atoms with Crippen molar-refractivity contribution in [3.05, 3.63) is 56.7 Å². The van der Waals surface area contributed by atoms with Gasteiger partial charge in [0.2, 0.25) is 11.6 Å². The van der Waals surface area contributed by atoms with Crippen LogP contribution in [-0.2, 0) is 0 Å². The summed E-state index contributed by atoms with van der Waals surface area (Å²) in [5.41, 5.74) is 0.567. The quantitative estimate of drug-likeness (QED) is 0.636. The number of aromatic nitrogens is 1. The molecule has 1 heterocycles. The second-order valence-electron chi connectivity index (χ2n) is 3.87. The third-order valence-corrected chi connectivity index (χ3v) is 2.93. The zero-order valence-corrected chi connectivity index (χ0v) is 11.1. The number of rotatable bonds is 3. The Labute approximate surface area is 119 Å². The highest BCUT2D eigenvalue weighted by Gasteiger charge is 2.20. The Bertz CT molecular complexity index is 725. The fourth-order valence-electron chi connectivity index (χ4n) is 1.59. The van der Waals surface area contributed by atoms with Gasteiger partial charge in [0.05, 0.1) is 10.5 Å². The van der Waals surface area contributed by atoms with Crippen molar-refractivity contribution in [1.29, 1.82) is 5.26 Å². The van der Waals surface area contributed by atoms with Gasteiger partial charge in [0.15, 0.2) is 0 Å². The van der Waals surface area contributed by atoms with Crippen molar-refractivity contribution in [2.75, 3.05) is 0 Å². The van der Waals surface area contributed by atoms with E-state index in [9.17, 15) is 10.1 Å². The van der Waals surface area contributed by atoms with Crippen LogP contribution in [0.25, 0.3) is 0 Å². The Morgan fingerprint density at radius 3 is 2.85 bits per heavy atom. The number of para-hydroxylation sites is 1. The summed E-state index contributed by atoms with van der Waals surface area (Å²) in [5, 5.41) is 19.9. The van der Waals surface area contributed by atoms with Gasteiger partial charge in [-0.25, -0.2) is 4.98 Å². The predicted octanol–water partition coefficient (Wildman–Crippen LogP) is 3.62. The largest absolute Gasteiger partial charge is 0.430 e. The molecule has 2 aromatic rings. The number of hydrogen-bond acceptors (Lipinski definition) is 5. The molecule has 0 amide bonds. The highest BCUT2D eigenvalue weighted by molar-refractivity contribution is 6.33. The summed E-state index contributed by atoms with van der Waals surface area (Å²) in [4.78, 5) is 14.3. The topological polar surface area (TPSA) is 89.1 Å². The molecule has 1 aromatic heterocycles. The van der Waals surface area contributed by atoms with E-state index in [2.05, 4.69) is 4.98 Å². The average Bonchev–Trinajstić information content (AvgIpc) is 2.42. The van der Waals surface area contributed by atoms with Crippen LogP contribution in [0.4, 0.5) is 5.69 Å². The third kappa shape index (κ3) is 2.53. The van der Waals surface area contributed by atoms with Gasteiger partial charge in [-0.2, -0.15) is 5.26 Å². The van der Waals surface area contributed by atoms with Gasteiger partial charge in [-0.05, 0) is 18.6 Å². The summed E-state index contributed by atoms with van der Waals surface area (Å²) in [6.45, 7) is 1.67. The van der Waals surface area contributed by atoms with E-state index in [1.807, 2.05) is 6.07 Å². The van der Waals surface area contributed by atoms with Crippen molar-refractivity contribution in [3.8, 4) is 17.7 Å². The molecule has 0 atom stereocenters. The van der Waals surface area contributed by atoms with E-state index in [1.165, 1.54) is 18.3 Å². The van der Waals surface area contributed by atoms with Gasteiger partial charge in [0.1, 0.15) is 11.1 Å². The molecule has 0 aliphatic heterocycles. The standard InChI is InChI=1S/C13H8ClN3O3/c1-8-3-2-4-10(17(18)19)12(8)20-13-11(14)9(7-15)5-6-16-13/h2-6H,1H3. The molecule has 0 N–H and O–H groups in total. The molecule has 2 rings (SSSR count). The van der Waals surface area contributed by atoms with E-state index in [4.69, 9.17) is 21.6 Å². The number of nitrogens with zero attached hydrogens (tertiary/aromatic N) is 3. The lowest BCUT2D eigenvalue weighted by Crippen LogP contribution is -1.97. The highest BCUT2D eigenvalue weighted by atomic mass is 35.5. The van der Waals surface area contributed by atoms with E-state index in [0.717, 1.165) is 0 Å². The van der Waals surface area contributed by atoms with Crippen molar-refractivity contribution in [1.82, 2.24) is 4.98 Å². The molecule has 0 fully saturated rings.